The lowest BCUT2D eigenvalue weighted by Crippen LogP contribution is -2.65. The number of amides is 1. The molecule has 1 aliphatic heterocycles. The lowest BCUT2D eigenvalue weighted by Gasteiger charge is -2.47. The van der Waals surface area contributed by atoms with Crippen molar-refractivity contribution in [3.05, 3.63) is 47.7 Å². The molecule has 0 bridgehead atoms. The van der Waals surface area contributed by atoms with E-state index in [-0.39, 0.29) is 31.6 Å². The number of piperidine rings is 1. The summed E-state index contributed by atoms with van der Waals surface area (Å²) in [7, 11) is 1.15. The van der Waals surface area contributed by atoms with Crippen LogP contribution in [-0.2, 0) is 28.6 Å². The molecule has 2 aliphatic rings. The number of allylic oxidation sites excluding steroid dienone is 1. The summed E-state index contributed by atoms with van der Waals surface area (Å²) in [6.07, 6.45) is -0.345. The number of fused-ring (bicyclic) bond motifs is 1. The molecule has 0 aromatic heterocycles. The highest BCUT2D eigenvalue weighted by Gasteiger charge is 2.64. The van der Waals surface area contributed by atoms with Gasteiger partial charge in [-0.1, -0.05) is 18.2 Å². The summed E-state index contributed by atoms with van der Waals surface area (Å²) in [5.74, 6) is -3.35. The van der Waals surface area contributed by atoms with Crippen molar-refractivity contribution in [2.45, 2.75) is 25.8 Å². The SMILES string of the molecule is CCOC(=O)[C@]12C(=O)CCN(C(=O)OC)[C@H]1CC(=O)C=C2OC(=O)c1ccccc1. The van der Waals surface area contributed by atoms with Gasteiger partial charge in [-0.05, 0) is 19.1 Å². The van der Waals surface area contributed by atoms with Crippen LogP contribution in [0.2, 0.25) is 0 Å². The maximum atomic E-state index is 13.1. The topological polar surface area (TPSA) is 116 Å². The largest absolute Gasteiger partial charge is 0.465 e. The minimum atomic E-state index is -2.12. The number of rotatable bonds is 4. The van der Waals surface area contributed by atoms with Crippen molar-refractivity contribution in [1.29, 1.82) is 0 Å². The zero-order valence-corrected chi connectivity index (χ0v) is 16.6. The number of benzene rings is 1. The third-order valence-corrected chi connectivity index (χ3v) is 5.19. The van der Waals surface area contributed by atoms with E-state index >= 15 is 0 Å². The number of carbonyl (C=O) groups excluding carboxylic acids is 5. The number of methoxy groups -OCH3 is 1. The Morgan fingerprint density at radius 3 is 2.50 bits per heavy atom. The molecule has 1 saturated heterocycles. The summed E-state index contributed by atoms with van der Waals surface area (Å²) in [5, 5.41) is 0. The molecule has 1 amide bonds. The monoisotopic (exact) mass is 415 g/mol. The van der Waals surface area contributed by atoms with Crippen molar-refractivity contribution in [3.63, 3.8) is 0 Å². The lowest BCUT2D eigenvalue weighted by atomic mass is 9.66. The van der Waals surface area contributed by atoms with Crippen LogP contribution in [0.3, 0.4) is 0 Å². The van der Waals surface area contributed by atoms with Gasteiger partial charge in [0.25, 0.3) is 0 Å². The molecule has 1 aromatic rings. The predicted molar refractivity (Wildman–Crippen MR) is 101 cm³/mol. The Balaban J connectivity index is 2.12. The third-order valence-electron chi connectivity index (χ3n) is 5.19. The molecule has 0 unspecified atom stereocenters. The maximum absolute atomic E-state index is 13.1. The van der Waals surface area contributed by atoms with Gasteiger partial charge in [-0.3, -0.25) is 14.4 Å². The van der Waals surface area contributed by atoms with Crippen LogP contribution in [0.1, 0.15) is 30.1 Å². The van der Waals surface area contributed by atoms with Gasteiger partial charge in [-0.25, -0.2) is 9.59 Å². The maximum Gasteiger partial charge on any atom is 0.409 e. The summed E-state index contributed by atoms with van der Waals surface area (Å²) in [6, 6.07) is 6.70. The van der Waals surface area contributed by atoms with E-state index < -0.39 is 46.8 Å². The number of carbonyl (C=O) groups is 5. The Morgan fingerprint density at radius 1 is 1.17 bits per heavy atom. The first-order valence-corrected chi connectivity index (χ1v) is 9.43. The van der Waals surface area contributed by atoms with E-state index in [0.717, 1.165) is 18.1 Å². The second kappa shape index (κ2) is 8.48. The fourth-order valence-corrected chi connectivity index (χ4v) is 3.84. The Bertz CT molecular complexity index is 922. The number of nitrogens with zero attached hydrogens (tertiary/aromatic N) is 1. The summed E-state index contributed by atoms with van der Waals surface area (Å²) in [5.41, 5.74) is -1.96. The first-order valence-electron chi connectivity index (χ1n) is 9.43. The third kappa shape index (κ3) is 3.47. The molecule has 1 aromatic carbocycles. The van der Waals surface area contributed by atoms with Crippen molar-refractivity contribution in [1.82, 2.24) is 4.90 Å². The van der Waals surface area contributed by atoms with Gasteiger partial charge in [-0.2, -0.15) is 0 Å². The normalized spacial score (nSPS) is 23.2. The van der Waals surface area contributed by atoms with E-state index in [1.54, 1.807) is 25.1 Å². The van der Waals surface area contributed by atoms with Crippen LogP contribution in [-0.4, -0.2) is 60.8 Å². The molecule has 2 atom stereocenters. The molecule has 158 valence electrons. The van der Waals surface area contributed by atoms with Crippen LogP contribution in [0.5, 0.6) is 0 Å². The minimum absolute atomic E-state index is 0.0372. The van der Waals surface area contributed by atoms with Gasteiger partial charge in [-0.15, -0.1) is 0 Å². The average Bonchev–Trinajstić information content (AvgIpc) is 2.74. The van der Waals surface area contributed by atoms with E-state index in [0.29, 0.717) is 0 Å². The van der Waals surface area contributed by atoms with Crippen molar-refractivity contribution < 1.29 is 38.2 Å². The molecular formula is C21H21NO8. The standard InChI is InChI=1S/C21H21NO8/c1-3-29-19(26)21-15(22(20(27)28-2)10-9-16(21)24)11-14(23)12-17(21)30-18(25)13-7-5-4-6-8-13/h4-8,12,15H,3,9-11H2,1-2H3/t15-,21-/m0/s1. The lowest BCUT2D eigenvalue weighted by molar-refractivity contribution is -0.167. The molecule has 3 rings (SSSR count). The first kappa shape index (κ1) is 21.2. The van der Waals surface area contributed by atoms with E-state index in [1.165, 1.54) is 12.1 Å². The van der Waals surface area contributed by atoms with Crippen molar-refractivity contribution in [2.24, 2.45) is 5.41 Å². The van der Waals surface area contributed by atoms with Crippen LogP contribution < -0.4 is 0 Å². The van der Waals surface area contributed by atoms with Crippen LogP contribution in [0.4, 0.5) is 4.79 Å². The highest BCUT2D eigenvalue weighted by atomic mass is 16.6. The minimum Gasteiger partial charge on any atom is -0.465 e. The quantitative estimate of drug-likeness (QED) is 0.414. The van der Waals surface area contributed by atoms with Crippen LogP contribution in [0.15, 0.2) is 42.2 Å². The molecule has 9 nitrogen and oxygen atoms in total. The average molecular weight is 415 g/mol. The van der Waals surface area contributed by atoms with Gasteiger partial charge in [0.2, 0.25) is 5.41 Å². The molecule has 0 spiro atoms. The molecule has 30 heavy (non-hydrogen) atoms. The Kier molecular flexibility index (Phi) is 6.00. The van der Waals surface area contributed by atoms with Gasteiger partial charge >= 0.3 is 18.0 Å². The second-order valence-corrected chi connectivity index (χ2v) is 6.82. The fraction of sp³-hybridized carbons (Fsp3) is 0.381. The highest BCUT2D eigenvalue weighted by molar-refractivity contribution is 6.12. The number of esters is 2. The molecule has 1 aliphatic carbocycles. The number of likely N-dealkylation sites (tertiary alicyclic amines) is 1. The number of hydrogen-bond acceptors (Lipinski definition) is 8. The molecule has 0 saturated carbocycles. The number of hydrogen-bond donors (Lipinski definition) is 0. The summed E-state index contributed by atoms with van der Waals surface area (Å²) in [6.45, 7) is 1.47. The van der Waals surface area contributed by atoms with E-state index in [9.17, 15) is 24.0 Å². The smallest absolute Gasteiger partial charge is 0.409 e. The van der Waals surface area contributed by atoms with Gasteiger partial charge in [0.05, 0.1) is 25.3 Å². The molecular weight excluding hydrogens is 394 g/mol. The van der Waals surface area contributed by atoms with Crippen LogP contribution >= 0.6 is 0 Å². The van der Waals surface area contributed by atoms with Gasteiger partial charge in [0, 0.05) is 25.5 Å². The second-order valence-electron chi connectivity index (χ2n) is 6.82. The summed E-state index contributed by atoms with van der Waals surface area (Å²) >= 11 is 0. The zero-order valence-electron chi connectivity index (χ0n) is 16.6. The number of ketones is 2. The fourth-order valence-electron chi connectivity index (χ4n) is 3.84. The Hall–Kier alpha value is -3.49. The summed E-state index contributed by atoms with van der Waals surface area (Å²) < 4.78 is 15.3. The van der Waals surface area contributed by atoms with Gasteiger partial charge in [0.15, 0.2) is 11.6 Å². The number of ether oxygens (including phenoxy) is 3. The van der Waals surface area contributed by atoms with E-state index in [1.807, 2.05) is 0 Å². The summed E-state index contributed by atoms with van der Waals surface area (Å²) in [4.78, 5) is 64.7. The molecule has 9 heteroatoms. The highest BCUT2D eigenvalue weighted by Crippen LogP contribution is 2.46. The molecule has 0 radical (unpaired) electrons. The number of Topliss-reactive ketones (excluding diaryl/α,β-unsaturated/α-hetero) is 1. The van der Waals surface area contributed by atoms with Crippen LogP contribution in [0.25, 0.3) is 0 Å². The first-order chi connectivity index (χ1) is 14.4. The Labute approximate surface area is 172 Å². The van der Waals surface area contributed by atoms with Gasteiger partial charge < -0.3 is 19.1 Å². The Morgan fingerprint density at radius 2 is 1.87 bits per heavy atom. The van der Waals surface area contributed by atoms with Crippen molar-refractivity contribution >= 4 is 29.6 Å². The van der Waals surface area contributed by atoms with Crippen molar-refractivity contribution in [3.8, 4) is 0 Å². The zero-order chi connectivity index (χ0) is 21.9. The van der Waals surface area contributed by atoms with Gasteiger partial charge in [0.1, 0.15) is 5.76 Å². The molecule has 1 fully saturated rings. The molecule has 0 N–H and O–H groups in total. The van der Waals surface area contributed by atoms with E-state index in [2.05, 4.69) is 0 Å². The van der Waals surface area contributed by atoms with Crippen molar-refractivity contribution in [2.75, 3.05) is 20.3 Å². The molecule has 1 heterocycles. The van der Waals surface area contributed by atoms with Crippen LogP contribution in [0, 0.1) is 5.41 Å². The van der Waals surface area contributed by atoms with E-state index in [4.69, 9.17) is 14.2 Å². The predicted octanol–water partition coefficient (Wildman–Crippen LogP) is 1.66.